The van der Waals surface area contributed by atoms with E-state index in [2.05, 4.69) is 104 Å². The van der Waals surface area contributed by atoms with Crippen molar-refractivity contribution in [3.63, 3.8) is 0 Å². The third kappa shape index (κ3) is 46.5. The largest absolute Gasteiger partial charge is 0.756 e. The van der Waals surface area contributed by atoms with Crippen LogP contribution in [0, 0.1) is 0 Å². The van der Waals surface area contributed by atoms with Gasteiger partial charge in [0.25, 0.3) is 7.82 Å². The molecule has 0 aliphatic carbocycles. The molecule has 0 aromatic heterocycles. The van der Waals surface area contributed by atoms with Crippen molar-refractivity contribution in [3.8, 4) is 0 Å². The molecule has 3 N–H and O–H groups in total. The lowest BCUT2D eigenvalue weighted by Crippen LogP contribution is -2.51. The molecule has 0 heterocycles. The quantitative estimate of drug-likeness (QED) is 0.0240. The van der Waals surface area contributed by atoms with Gasteiger partial charge in [0, 0.05) is 6.42 Å². The maximum atomic E-state index is 13.0. The van der Waals surface area contributed by atoms with Crippen LogP contribution in [0.15, 0.2) is 85.1 Å². The molecule has 0 aromatic carbocycles. The van der Waals surface area contributed by atoms with Gasteiger partial charge in [0.15, 0.2) is 0 Å². The van der Waals surface area contributed by atoms with Gasteiger partial charge in [-0.25, -0.2) is 0 Å². The number of aliphatic hydroxyl groups is 2. The average molecular weight is 931 g/mol. The Kier molecular flexibility index (Phi) is 43.8. The fourth-order valence-corrected chi connectivity index (χ4v) is 7.84. The van der Waals surface area contributed by atoms with Crippen LogP contribution < -0.4 is 10.2 Å². The van der Waals surface area contributed by atoms with E-state index in [1.165, 1.54) is 70.6 Å². The fraction of sp³-hybridized carbons (Fsp3) is 0.727. The number of aliphatic hydroxyl groups excluding tert-OH is 2. The van der Waals surface area contributed by atoms with Crippen molar-refractivity contribution in [1.29, 1.82) is 0 Å². The Bertz CT molecular complexity index is 1350. The molecule has 0 bridgehead atoms. The number of unbranched alkanes of at least 4 members (excludes halogenated alkanes) is 18. The minimum atomic E-state index is -4.68. The molecule has 0 spiro atoms. The number of amides is 1. The lowest BCUT2D eigenvalue weighted by atomic mass is 9.99. The Morgan fingerprint density at radius 1 is 0.569 bits per heavy atom. The first-order chi connectivity index (χ1) is 31.4. The van der Waals surface area contributed by atoms with Crippen LogP contribution in [0.25, 0.3) is 0 Å². The van der Waals surface area contributed by atoms with Gasteiger partial charge >= 0.3 is 0 Å². The van der Waals surface area contributed by atoms with Crippen molar-refractivity contribution < 1.29 is 38.0 Å². The topological polar surface area (TPSA) is 128 Å². The number of carbonyl (C=O) groups is 1. The van der Waals surface area contributed by atoms with Crippen LogP contribution in [0.3, 0.4) is 0 Å². The van der Waals surface area contributed by atoms with E-state index in [9.17, 15) is 24.5 Å². The second-order valence-electron chi connectivity index (χ2n) is 18.6. The first kappa shape index (κ1) is 62.6. The monoisotopic (exact) mass is 931 g/mol. The molecule has 0 saturated heterocycles. The van der Waals surface area contributed by atoms with Crippen molar-refractivity contribution in [2.45, 2.75) is 218 Å². The molecule has 0 rings (SSSR count). The zero-order valence-corrected chi connectivity index (χ0v) is 43.2. The van der Waals surface area contributed by atoms with Crippen molar-refractivity contribution >= 4 is 13.7 Å². The van der Waals surface area contributed by atoms with Crippen molar-refractivity contribution in [2.75, 3.05) is 40.9 Å². The summed E-state index contributed by atoms with van der Waals surface area (Å²) in [5, 5.41) is 24.7. The summed E-state index contributed by atoms with van der Waals surface area (Å²) in [6.45, 7) is 4.30. The van der Waals surface area contributed by atoms with Crippen LogP contribution in [-0.2, 0) is 18.4 Å². The van der Waals surface area contributed by atoms with E-state index in [4.69, 9.17) is 9.05 Å². The Hall–Kier alpha value is -2.36. The number of quaternary nitrogens is 1. The van der Waals surface area contributed by atoms with E-state index in [-0.39, 0.29) is 18.9 Å². The molecule has 4 unspecified atom stereocenters. The van der Waals surface area contributed by atoms with Crippen LogP contribution >= 0.6 is 7.82 Å². The number of hydrogen-bond donors (Lipinski definition) is 3. The highest BCUT2D eigenvalue weighted by molar-refractivity contribution is 7.45. The summed E-state index contributed by atoms with van der Waals surface area (Å²) in [6, 6.07) is -1.08. The lowest BCUT2D eigenvalue weighted by molar-refractivity contribution is -0.870. The summed E-state index contributed by atoms with van der Waals surface area (Å²) in [7, 11) is 1.10. The minimum absolute atomic E-state index is 0.0474. The van der Waals surface area contributed by atoms with E-state index < -0.39 is 32.7 Å². The number of phosphoric ester groups is 1. The zero-order valence-electron chi connectivity index (χ0n) is 42.3. The zero-order chi connectivity index (χ0) is 48.0. The molecule has 0 aliphatic heterocycles. The molecule has 0 radical (unpaired) electrons. The Labute approximate surface area is 399 Å². The van der Waals surface area contributed by atoms with Crippen molar-refractivity contribution in [3.05, 3.63) is 85.1 Å². The molecule has 0 saturated carbocycles. The number of phosphoric acid groups is 1. The summed E-state index contributed by atoms with van der Waals surface area (Å²) in [4.78, 5) is 25.5. The van der Waals surface area contributed by atoms with Crippen LogP contribution in [0.2, 0.25) is 0 Å². The van der Waals surface area contributed by atoms with E-state index in [1.807, 2.05) is 21.1 Å². The minimum Gasteiger partial charge on any atom is -0.756 e. The number of allylic oxidation sites excluding steroid dienone is 14. The van der Waals surface area contributed by atoms with E-state index in [1.54, 1.807) is 0 Å². The van der Waals surface area contributed by atoms with E-state index >= 15 is 0 Å². The molecule has 0 aromatic rings. The van der Waals surface area contributed by atoms with Crippen LogP contribution in [0.5, 0.6) is 0 Å². The van der Waals surface area contributed by atoms with Gasteiger partial charge in [-0.05, 0) is 70.6 Å². The number of hydrogen-bond acceptors (Lipinski definition) is 7. The fourth-order valence-electron chi connectivity index (χ4n) is 7.12. The van der Waals surface area contributed by atoms with Gasteiger partial charge in [0.05, 0.1) is 39.9 Å². The Morgan fingerprint density at radius 3 is 1.42 bits per heavy atom. The number of likely N-dealkylation sites (N-methyl/N-ethyl adjacent to an activating group) is 1. The number of rotatable bonds is 46. The predicted molar refractivity (Wildman–Crippen MR) is 276 cm³/mol. The first-order valence-electron chi connectivity index (χ1n) is 26.0. The second kappa shape index (κ2) is 45.4. The molecule has 9 nitrogen and oxygen atoms in total. The summed E-state index contributed by atoms with van der Waals surface area (Å²) in [5.74, 6) is -0.294. The summed E-state index contributed by atoms with van der Waals surface area (Å²) in [6.07, 6.45) is 59.1. The normalized spacial score (nSPS) is 15.3. The standard InChI is InChI=1S/C55H99N2O7P/c1-6-8-10-12-14-16-18-20-21-22-23-24-25-26-27-28-29-30-31-32-33-34-35-36-38-40-42-44-46-48-54(59)56-52(51-64-65(61,62)63-50-49-57(3,4)5)55(60)53(58)47-45-43-41-39-37-19-17-15-13-11-9-7-2/h8,10,14,16,20-21,23-24,26-27,29-30,32-33,52-53,55,58,60H,6-7,9,11-13,15,17-19,22,25,28,31,34-51H2,1-5H3,(H-,56,59,61,62)/b10-8-,16-14-,21-20-,24-23-,27-26-,30-29-,33-32-. The second-order valence-corrected chi connectivity index (χ2v) is 20.0. The van der Waals surface area contributed by atoms with Crippen LogP contribution in [0.4, 0.5) is 0 Å². The van der Waals surface area contributed by atoms with E-state index in [0.717, 1.165) is 96.3 Å². The molecular weight excluding hydrogens is 832 g/mol. The maximum Gasteiger partial charge on any atom is 0.268 e. The average Bonchev–Trinajstić information content (AvgIpc) is 3.26. The predicted octanol–water partition coefficient (Wildman–Crippen LogP) is 13.6. The molecule has 1 amide bonds. The van der Waals surface area contributed by atoms with Gasteiger partial charge in [0.1, 0.15) is 19.3 Å². The molecule has 4 atom stereocenters. The molecule has 376 valence electrons. The molecule has 65 heavy (non-hydrogen) atoms. The van der Waals surface area contributed by atoms with Gasteiger partial charge in [-0.3, -0.25) is 9.36 Å². The van der Waals surface area contributed by atoms with Gasteiger partial charge in [0.2, 0.25) is 5.91 Å². The number of nitrogens with zero attached hydrogens (tertiary/aromatic N) is 1. The summed E-state index contributed by atoms with van der Waals surface area (Å²) < 4.78 is 23.2. The first-order valence-corrected chi connectivity index (χ1v) is 27.5. The Morgan fingerprint density at radius 2 is 0.969 bits per heavy atom. The van der Waals surface area contributed by atoms with Crippen LogP contribution in [-0.4, -0.2) is 79.8 Å². The van der Waals surface area contributed by atoms with Gasteiger partial charge in [-0.15, -0.1) is 0 Å². The summed E-state index contributed by atoms with van der Waals surface area (Å²) in [5.41, 5.74) is 0. The molecular formula is C55H99N2O7P. The van der Waals surface area contributed by atoms with Gasteiger partial charge in [-0.1, -0.05) is 208 Å². The van der Waals surface area contributed by atoms with Gasteiger partial charge in [-0.2, -0.15) is 0 Å². The molecule has 0 fully saturated rings. The van der Waals surface area contributed by atoms with Crippen LogP contribution in [0.1, 0.15) is 200 Å². The highest BCUT2D eigenvalue weighted by atomic mass is 31.2. The molecule has 10 heteroatoms. The number of carbonyl (C=O) groups excluding carboxylic acids is 1. The Balaban J connectivity index is 4.33. The SMILES string of the molecule is CC/C=C\C/C=C\C/C=C\C/C=C\C/C=C\C/C=C\C/C=C\CCCCCCCCCC(=O)NC(COP(=O)([O-])OCC[N+](C)(C)C)C(O)C(O)CCCCCCCCCCCCCC. The lowest BCUT2D eigenvalue weighted by Gasteiger charge is -2.31. The highest BCUT2D eigenvalue weighted by Gasteiger charge is 2.29. The maximum absolute atomic E-state index is 13.0. The van der Waals surface area contributed by atoms with E-state index in [0.29, 0.717) is 23.9 Å². The molecule has 0 aliphatic rings. The smallest absolute Gasteiger partial charge is 0.268 e. The van der Waals surface area contributed by atoms with Gasteiger partial charge < -0.3 is 34.0 Å². The third-order valence-corrected chi connectivity index (χ3v) is 12.2. The third-order valence-electron chi connectivity index (χ3n) is 11.2. The van der Waals surface area contributed by atoms with Crippen molar-refractivity contribution in [1.82, 2.24) is 5.32 Å². The van der Waals surface area contributed by atoms with Crippen molar-refractivity contribution in [2.24, 2.45) is 0 Å². The number of nitrogens with one attached hydrogen (secondary N) is 1. The summed E-state index contributed by atoms with van der Waals surface area (Å²) >= 11 is 0. The highest BCUT2D eigenvalue weighted by Crippen LogP contribution is 2.38.